The third-order valence-electron chi connectivity index (χ3n) is 6.21. The Kier molecular flexibility index (Phi) is 10.4. The third-order valence-corrected chi connectivity index (χ3v) is 8.51. The van der Waals surface area contributed by atoms with E-state index in [9.17, 15) is 18.0 Å². The van der Waals surface area contributed by atoms with E-state index in [0.29, 0.717) is 5.75 Å². The van der Waals surface area contributed by atoms with Gasteiger partial charge >= 0.3 is 0 Å². The number of hydrogen-bond acceptors (Lipinski definition) is 6. The number of anilines is 1. The highest BCUT2D eigenvalue weighted by molar-refractivity contribution is 9.10. The van der Waals surface area contributed by atoms with E-state index >= 15 is 0 Å². The van der Waals surface area contributed by atoms with Crippen molar-refractivity contribution in [2.75, 3.05) is 25.1 Å². The number of nitrogens with one attached hydrogen (secondary N) is 1. The number of hydrogen-bond donors (Lipinski definition) is 1. The lowest BCUT2D eigenvalue weighted by Crippen LogP contribution is -2.54. The Balaban J connectivity index is 2.07. The first-order valence-electron chi connectivity index (χ1n) is 12.9. The molecule has 9 nitrogen and oxygen atoms in total. The SMILES string of the molecule is COc1ccc(S(=O)(=O)N(CC(=O)N(Cc2ccc(Br)cc2)C(C)C(=O)NC(C)(C)C)c2ccccc2OC)cc1. The second-order valence-electron chi connectivity index (χ2n) is 10.4. The fourth-order valence-electron chi connectivity index (χ4n) is 4.07. The predicted molar refractivity (Wildman–Crippen MR) is 163 cm³/mol. The maximum absolute atomic E-state index is 14.1. The molecule has 0 aliphatic rings. The topological polar surface area (TPSA) is 105 Å². The largest absolute Gasteiger partial charge is 0.497 e. The number of carbonyl (C=O) groups excluding carboxylic acids is 2. The van der Waals surface area contributed by atoms with E-state index in [4.69, 9.17) is 9.47 Å². The number of halogens is 1. The number of benzene rings is 3. The standard InChI is InChI=1S/C30H36BrN3O6S/c1-21(29(36)32-30(2,3)4)33(19-22-11-13-23(31)14-12-22)28(35)20-34(26-9-7-8-10-27(26)40-6)41(37,38)25-17-15-24(39-5)16-18-25/h7-18,21H,19-20H2,1-6H3,(H,32,36). The lowest BCUT2D eigenvalue weighted by molar-refractivity contribution is -0.140. The predicted octanol–water partition coefficient (Wildman–Crippen LogP) is 4.99. The molecule has 0 fully saturated rings. The summed E-state index contributed by atoms with van der Waals surface area (Å²) in [5, 5.41) is 2.92. The summed E-state index contributed by atoms with van der Waals surface area (Å²) in [7, 11) is -1.34. The highest BCUT2D eigenvalue weighted by Gasteiger charge is 2.34. The van der Waals surface area contributed by atoms with Gasteiger partial charge in [0.25, 0.3) is 10.0 Å². The molecule has 0 heterocycles. The van der Waals surface area contributed by atoms with Crippen molar-refractivity contribution in [1.29, 1.82) is 0 Å². The summed E-state index contributed by atoms with van der Waals surface area (Å²) in [6.45, 7) is 6.70. The van der Waals surface area contributed by atoms with Crippen molar-refractivity contribution in [3.8, 4) is 11.5 Å². The quantitative estimate of drug-likeness (QED) is 0.315. The van der Waals surface area contributed by atoms with Gasteiger partial charge in [-0.25, -0.2) is 8.42 Å². The fourth-order valence-corrected chi connectivity index (χ4v) is 5.76. The molecule has 0 aliphatic carbocycles. The summed E-state index contributed by atoms with van der Waals surface area (Å²) in [5.41, 5.74) is 0.437. The average molecular weight is 647 g/mol. The van der Waals surface area contributed by atoms with Crippen molar-refractivity contribution in [2.45, 2.75) is 50.7 Å². The Bertz CT molecular complexity index is 1450. The smallest absolute Gasteiger partial charge is 0.264 e. The summed E-state index contributed by atoms with van der Waals surface area (Å²) >= 11 is 3.41. The minimum absolute atomic E-state index is 0.0324. The van der Waals surface area contributed by atoms with Crippen LogP contribution in [0, 0.1) is 0 Å². The molecule has 0 saturated carbocycles. The van der Waals surface area contributed by atoms with Gasteiger partial charge in [-0.1, -0.05) is 40.2 Å². The van der Waals surface area contributed by atoms with Gasteiger partial charge < -0.3 is 19.7 Å². The highest BCUT2D eigenvalue weighted by atomic mass is 79.9. The molecule has 3 aromatic rings. The normalized spacial score (nSPS) is 12.3. The fraction of sp³-hybridized carbons (Fsp3) is 0.333. The molecule has 0 radical (unpaired) electrons. The van der Waals surface area contributed by atoms with Crippen LogP contribution in [0.1, 0.15) is 33.3 Å². The van der Waals surface area contributed by atoms with Gasteiger partial charge in [-0.05, 0) is 81.8 Å². The Hall–Kier alpha value is -3.57. The Labute approximate surface area is 250 Å². The average Bonchev–Trinajstić information content (AvgIpc) is 2.94. The maximum Gasteiger partial charge on any atom is 0.264 e. The summed E-state index contributed by atoms with van der Waals surface area (Å²) in [6.07, 6.45) is 0. The molecule has 0 spiro atoms. The molecule has 1 unspecified atom stereocenters. The Morgan fingerprint density at radius 3 is 2.10 bits per heavy atom. The van der Waals surface area contributed by atoms with Crippen LogP contribution in [-0.4, -0.2) is 57.5 Å². The van der Waals surface area contributed by atoms with E-state index in [1.807, 2.05) is 45.0 Å². The first-order chi connectivity index (χ1) is 19.3. The van der Waals surface area contributed by atoms with Gasteiger partial charge in [0, 0.05) is 16.6 Å². The molecule has 0 aliphatic heterocycles. The van der Waals surface area contributed by atoms with Crippen molar-refractivity contribution in [1.82, 2.24) is 10.2 Å². The van der Waals surface area contributed by atoms with Crippen molar-refractivity contribution >= 4 is 43.5 Å². The summed E-state index contributed by atoms with van der Waals surface area (Å²) in [5.74, 6) is -0.157. The van der Waals surface area contributed by atoms with E-state index in [0.717, 1.165) is 14.3 Å². The second-order valence-corrected chi connectivity index (χ2v) is 13.2. The van der Waals surface area contributed by atoms with Crippen LogP contribution in [0.25, 0.3) is 0 Å². The molecule has 220 valence electrons. The van der Waals surface area contributed by atoms with Crippen LogP contribution in [0.3, 0.4) is 0 Å². The molecule has 3 aromatic carbocycles. The number of ether oxygens (including phenoxy) is 2. The monoisotopic (exact) mass is 645 g/mol. The van der Waals surface area contributed by atoms with E-state index in [-0.39, 0.29) is 28.8 Å². The third kappa shape index (κ3) is 8.23. The number of methoxy groups -OCH3 is 2. The van der Waals surface area contributed by atoms with Crippen LogP contribution < -0.4 is 19.1 Å². The lowest BCUT2D eigenvalue weighted by atomic mass is 10.1. The van der Waals surface area contributed by atoms with E-state index in [2.05, 4.69) is 21.2 Å². The number of para-hydroxylation sites is 2. The zero-order chi connectivity index (χ0) is 30.4. The lowest BCUT2D eigenvalue weighted by Gasteiger charge is -2.33. The zero-order valence-electron chi connectivity index (χ0n) is 24.0. The van der Waals surface area contributed by atoms with Gasteiger partial charge in [-0.2, -0.15) is 0 Å². The van der Waals surface area contributed by atoms with E-state index < -0.39 is 34.1 Å². The molecule has 11 heteroatoms. The molecule has 0 saturated heterocycles. The summed E-state index contributed by atoms with van der Waals surface area (Å²) in [6, 6.07) is 18.9. The number of sulfonamides is 1. The first kappa shape index (κ1) is 32.0. The maximum atomic E-state index is 14.1. The highest BCUT2D eigenvalue weighted by Crippen LogP contribution is 2.33. The van der Waals surface area contributed by atoms with E-state index in [1.165, 1.54) is 43.4 Å². The first-order valence-corrected chi connectivity index (χ1v) is 15.2. The van der Waals surface area contributed by atoms with Crippen molar-refractivity contribution in [3.05, 3.63) is 82.8 Å². The molecule has 3 rings (SSSR count). The number of rotatable bonds is 11. The van der Waals surface area contributed by atoms with Crippen LogP contribution in [-0.2, 0) is 26.2 Å². The van der Waals surface area contributed by atoms with Crippen LogP contribution in [0.15, 0.2) is 82.2 Å². The van der Waals surface area contributed by atoms with Crippen LogP contribution >= 0.6 is 15.9 Å². The summed E-state index contributed by atoms with van der Waals surface area (Å²) in [4.78, 5) is 28.6. The van der Waals surface area contributed by atoms with Crippen LogP contribution in [0.5, 0.6) is 11.5 Å². The van der Waals surface area contributed by atoms with Gasteiger partial charge in [0.1, 0.15) is 24.1 Å². The summed E-state index contributed by atoms with van der Waals surface area (Å²) < 4.78 is 40.6. The molecule has 2 amide bonds. The van der Waals surface area contributed by atoms with E-state index in [1.54, 1.807) is 31.2 Å². The molecular formula is C30H36BrN3O6S. The minimum atomic E-state index is -4.25. The Morgan fingerprint density at radius 1 is 0.927 bits per heavy atom. The molecule has 0 aromatic heterocycles. The van der Waals surface area contributed by atoms with Gasteiger partial charge in [0.2, 0.25) is 11.8 Å². The number of carbonyl (C=O) groups is 2. The minimum Gasteiger partial charge on any atom is -0.497 e. The molecule has 1 atom stereocenters. The number of amides is 2. The zero-order valence-corrected chi connectivity index (χ0v) is 26.5. The van der Waals surface area contributed by atoms with Crippen LogP contribution in [0.2, 0.25) is 0 Å². The van der Waals surface area contributed by atoms with Gasteiger partial charge in [0.05, 0.1) is 24.8 Å². The molecule has 41 heavy (non-hydrogen) atoms. The van der Waals surface area contributed by atoms with Crippen molar-refractivity contribution in [3.63, 3.8) is 0 Å². The van der Waals surface area contributed by atoms with Gasteiger partial charge in [0.15, 0.2) is 0 Å². The second kappa shape index (κ2) is 13.4. The van der Waals surface area contributed by atoms with Crippen molar-refractivity contribution < 1.29 is 27.5 Å². The number of nitrogens with zero attached hydrogens (tertiary/aromatic N) is 2. The van der Waals surface area contributed by atoms with Crippen molar-refractivity contribution in [2.24, 2.45) is 0 Å². The Morgan fingerprint density at radius 2 is 1.54 bits per heavy atom. The van der Waals surface area contributed by atoms with Gasteiger partial charge in [-0.15, -0.1) is 0 Å². The molecule has 1 N–H and O–H groups in total. The molecule has 0 bridgehead atoms. The van der Waals surface area contributed by atoms with Gasteiger partial charge in [-0.3, -0.25) is 13.9 Å². The van der Waals surface area contributed by atoms with Crippen LogP contribution in [0.4, 0.5) is 5.69 Å². The molecular weight excluding hydrogens is 610 g/mol.